The van der Waals surface area contributed by atoms with Crippen LogP contribution in [-0.4, -0.2) is 29.3 Å². The molecule has 0 spiro atoms. The molecule has 31 heavy (non-hydrogen) atoms. The Morgan fingerprint density at radius 3 is 2.42 bits per heavy atom. The lowest BCUT2D eigenvalue weighted by Crippen LogP contribution is -2.08. The first kappa shape index (κ1) is 22.7. The van der Waals surface area contributed by atoms with Crippen molar-refractivity contribution in [1.82, 2.24) is 4.98 Å². The molecule has 0 atom stereocenters. The molecular formula is C25H29NO5. The number of ether oxygens (including phenoxy) is 2. The van der Waals surface area contributed by atoms with Gasteiger partial charge in [-0.3, -0.25) is 0 Å². The van der Waals surface area contributed by atoms with E-state index in [2.05, 4.69) is 4.98 Å². The molecule has 0 saturated heterocycles. The van der Waals surface area contributed by atoms with Crippen LogP contribution in [0.5, 0.6) is 0 Å². The zero-order valence-electron chi connectivity index (χ0n) is 18.3. The van der Waals surface area contributed by atoms with Gasteiger partial charge in [0.2, 0.25) is 5.89 Å². The summed E-state index contributed by atoms with van der Waals surface area (Å²) >= 11 is 0. The Bertz CT molecular complexity index is 1010. The predicted molar refractivity (Wildman–Crippen MR) is 118 cm³/mol. The van der Waals surface area contributed by atoms with Crippen molar-refractivity contribution in [1.29, 1.82) is 0 Å². The van der Waals surface area contributed by atoms with Crippen LogP contribution < -0.4 is 0 Å². The highest BCUT2D eigenvalue weighted by molar-refractivity contribution is 5.91. The van der Waals surface area contributed by atoms with Gasteiger partial charge < -0.3 is 19.0 Å². The number of aryl methyl sites for hydroxylation is 3. The molecule has 0 amide bonds. The van der Waals surface area contributed by atoms with Crippen LogP contribution in [0.25, 0.3) is 11.5 Å². The first-order valence-corrected chi connectivity index (χ1v) is 10.5. The van der Waals surface area contributed by atoms with Gasteiger partial charge in [-0.1, -0.05) is 42.8 Å². The molecule has 6 nitrogen and oxygen atoms in total. The number of aromatic nitrogens is 1. The molecule has 0 bridgehead atoms. The summed E-state index contributed by atoms with van der Waals surface area (Å²) < 4.78 is 17.3. The molecular weight excluding hydrogens is 394 g/mol. The van der Waals surface area contributed by atoms with Gasteiger partial charge in [0.1, 0.15) is 11.5 Å². The first-order valence-electron chi connectivity index (χ1n) is 10.5. The van der Waals surface area contributed by atoms with Crippen LogP contribution in [0.3, 0.4) is 0 Å². The fourth-order valence-corrected chi connectivity index (χ4v) is 3.36. The summed E-state index contributed by atoms with van der Waals surface area (Å²) in [6.07, 6.45) is 1.46. The maximum Gasteiger partial charge on any atom is 0.336 e. The van der Waals surface area contributed by atoms with Crippen molar-refractivity contribution < 1.29 is 23.8 Å². The zero-order chi connectivity index (χ0) is 22.2. The van der Waals surface area contributed by atoms with Crippen molar-refractivity contribution in [2.75, 3.05) is 13.2 Å². The lowest BCUT2D eigenvalue weighted by Gasteiger charge is -2.10. The van der Waals surface area contributed by atoms with Crippen LogP contribution in [0.4, 0.5) is 0 Å². The number of rotatable bonds is 11. The minimum absolute atomic E-state index is 0.270. The summed E-state index contributed by atoms with van der Waals surface area (Å²) in [6, 6.07) is 13.5. The van der Waals surface area contributed by atoms with E-state index >= 15 is 0 Å². The van der Waals surface area contributed by atoms with Crippen LogP contribution in [0.1, 0.15) is 51.8 Å². The second kappa shape index (κ2) is 10.9. The van der Waals surface area contributed by atoms with E-state index in [0.29, 0.717) is 43.3 Å². The van der Waals surface area contributed by atoms with Crippen molar-refractivity contribution in [3.8, 4) is 11.5 Å². The van der Waals surface area contributed by atoms with Gasteiger partial charge >= 0.3 is 5.97 Å². The molecule has 3 rings (SSSR count). The highest BCUT2D eigenvalue weighted by atomic mass is 16.5. The molecule has 6 heteroatoms. The smallest absolute Gasteiger partial charge is 0.336 e. The average Bonchev–Trinajstić information content (AvgIpc) is 3.16. The topological polar surface area (TPSA) is 81.8 Å². The van der Waals surface area contributed by atoms with E-state index in [1.54, 1.807) is 19.1 Å². The Hall–Kier alpha value is -2.96. The Morgan fingerprint density at radius 1 is 1.03 bits per heavy atom. The molecule has 1 aromatic heterocycles. The third-order valence-corrected chi connectivity index (χ3v) is 5.04. The summed E-state index contributed by atoms with van der Waals surface area (Å²) in [7, 11) is 0. The van der Waals surface area contributed by atoms with Crippen LogP contribution in [0.2, 0.25) is 0 Å². The molecule has 164 valence electrons. The van der Waals surface area contributed by atoms with Crippen molar-refractivity contribution in [2.24, 2.45) is 0 Å². The van der Waals surface area contributed by atoms with Crippen molar-refractivity contribution in [2.45, 2.75) is 46.8 Å². The fraction of sp³-hybridized carbons (Fsp3) is 0.360. The molecule has 0 aliphatic carbocycles. The maximum absolute atomic E-state index is 11.4. The van der Waals surface area contributed by atoms with E-state index in [4.69, 9.17) is 13.9 Å². The Morgan fingerprint density at radius 2 is 1.74 bits per heavy atom. The van der Waals surface area contributed by atoms with Gasteiger partial charge in [-0.25, -0.2) is 9.78 Å². The zero-order valence-corrected chi connectivity index (χ0v) is 18.3. The molecule has 2 aromatic carbocycles. The number of aromatic carboxylic acids is 1. The largest absolute Gasteiger partial charge is 0.478 e. The highest BCUT2D eigenvalue weighted by Crippen LogP contribution is 2.23. The number of benzene rings is 2. The number of carbonyl (C=O) groups is 1. The monoisotopic (exact) mass is 423 g/mol. The molecule has 0 aliphatic rings. The highest BCUT2D eigenvalue weighted by Gasteiger charge is 2.14. The van der Waals surface area contributed by atoms with Crippen molar-refractivity contribution in [3.63, 3.8) is 0 Å². The number of oxazole rings is 1. The average molecular weight is 424 g/mol. The lowest BCUT2D eigenvalue weighted by molar-refractivity contribution is 0.0639. The normalized spacial score (nSPS) is 11.1. The van der Waals surface area contributed by atoms with Crippen LogP contribution in [-0.2, 0) is 29.1 Å². The summed E-state index contributed by atoms with van der Waals surface area (Å²) in [5, 5.41) is 9.37. The summed E-state index contributed by atoms with van der Waals surface area (Å²) in [6.45, 7) is 7.54. The van der Waals surface area contributed by atoms with Gasteiger partial charge in [-0.15, -0.1) is 0 Å². The van der Waals surface area contributed by atoms with E-state index in [1.807, 2.05) is 44.2 Å². The predicted octanol–water partition coefficient (Wildman–Crippen LogP) is 5.34. The van der Waals surface area contributed by atoms with Crippen molar-refractivity contribution >= 4 is 5.97 Å². The number of carboxylic acid groups (broad SMARTS) is 1. The van der Waals surface area contributed by atoms with E-state index < -0.39 is 5.97 Å². The van der Waals surface area contributed by atoms with Crippen LogP contribution in [0.15, 0.2) is 46.9 Å². The summed E-state index contributed by atoms with van der Waals surface area (Å²) in [4.78, 5) is 16.0. The van der Waals surface area contributed by atoms with Crippen LogP contribution >= 0.6 is 0 Å². The second-order valence-electron chi connectivity index (χ2n) is 7.48. The number of hydrogen-bond acceptors (Lipinski definition) is 5. The third kappa shape index (κ3) is 6.03. The van der Waals surface area contributed by atoms with Gasteiger partial charge in [0.05, 0.1) is 18.8 Å². The number of carboxylic acids is 1. The number of nitrogens with zero attached hydrogens (tertiary/aromatic N) is 1. The summed E-state index contributed by atoms with van der Waals surface area (Å²) in [5.41, 5.74) is 4.72. The molecule has 0 radical (unpaired) electrons. The summed E-state index contributed by atoms with van der Waals surface area (Å²) in [5.74, 6) is 0.531. The molecule has 0 saturated carbocycles. The molecule has 1 heterocycles. The third-order valence-electron chi connectivity index (χ3n) is 5.04. The molecule has 0 unspecified atom stereocenters. The standard InChI is InChI=1S/C25H29NO5/c1-4-22-21(26-24(31-22)19-11-9-17(2)10-12-19)16-30-14-6-13-29-15-20-8-5-7-18(3)23(20)25(27)28/h5,7-12H,4,6,13-16H2,1-3H3,(H,27,28). The van der Waals surface area contributed by atoms with E-state index in [1.165, 1.54) is 5.56 Å². The Balaban J connectivity index is 1.44. The fourth-order valence-electron chi connectivity index (χ4n) is 3.36. The molecule has 1 N–H and O–H groups in total. The van der Waals surface area contributed by atoms with E-state index in [9.17, 15) is 9.90 Å². The SMILES string of the molecule is CCc1oc(-c2ccc(C)cc2)nc1COCCCOCc1cccc(C)c1C(=O)O. The Kier molecular flexibility index (Phi) is 7.98. The van der Waals surface area contributed by atoms with E-state index in [0.717, 1.165) is 29.0 Å². The minimum atomic E-state index is -0.926. The lowest BCUT2D eigenvalue weighted by atomic mass is 10.0. The second-order valence-corrected chi connectivity index (χ2v) is 7.48. The quantitative estimate of drug-likeness (QED) is 0.419. The van der Waals surface area contributed by atoms with E-state index in [-0.39, 0.29) is 6.61 Å². The van der Waals surface area contributed by atoms with Gasteiger partial charge in [-0.2, -0.15) is 0 Å². The molecule has 0 fully saturated rings. The van der Waals surface area contributed by atoms with Gasteiger partial charge in [0, 0.05) is 25.2 Å². The van der Waals surface area contributed by atoms with Crippen molar-refractivity contribution in [3.05, 3.63) is 76.2 Å². The van der Waals surface area contributed by atoms with Gasteiger partial charge in [0.25, 0.3) is 0 Å². The molecule has 0 aliphatic heterocycles. The van der Waals surface area contributed by atoms with Gasteiger partial charge in [0.15, 0.2) is 0 Å². The minimum Gasteiger partial charge on any atom is -0.478 e. The Labute approximate surface area is 182 Å². The molecule has 3 aromatic rings. The van der Waals surface area contributed by atoms with Gasteiger partial charge in [-0.05, 0) is 43.5 Å². The first-order chi connectivity index (χ1) is 15.0. The maximum atomic E-state index is 11.4. The van der Waals surface area contributed by atoms with Crippen LogP contribution in [0, 0.1) is 13.8 Å². The number of hydrogen-bond donors (Lipinski definition) is 1.